The summed E-state index contributed by atoms with van der Waals surface area (Å²) in [5.74, 6) is 0.377. The van der Waals surface area contributed by atoms with Gasteiger partial charge in [0.15, 0.2) is 0 Å². The summed E-state index contributed by atoms with van der Waals surface area (Å²) in [5, 5.41) is 2.07. The Balaban J connectivity index is 2.59. The first kappa shape index (κ1) is 10.1. The van der Waals surface area contributed by atoms with Crippen molar-refractivity contribution in [1.82, 2.24) is 0 Å². The first-order chi connectivity index (χ1) is 7.18. The largest absolute Gasteiger partial charge is 0.740 e. The van der Waals surface area contributed by atoms with Crippen LogP contribution in [0.3, 0.4) is 0 Å². The quantitative estimate of drug-likeness (QED) is 0.731. The maximum Gasteiger partial charge on any atom is 0.142 e. The Morgan fingerprint density at radius 1 is 1.20 bits per heavy atom. The van der Waals surface area contributed by atoms with Crippen LogP contribution in [-0.2, 0) is 11.4 Å². The molecule has 0 saturated carbocycles. The number of hydrogen-bond acceptors (Lipinski definition) is 3. The summed E-state index contributed by atoms with van der Waals surface area (Å²) < 4.78 is 25.5. The third-order valence-electron chi connectivity index (χ3n) is 2.31. The average molecular weight is 221 g/mol. The summed E-state index contributed by atoms with van der Waals surface area (Å²) in [5.41, 5.74) is 0.831. The highest BCUT2D eigenvalue weighted by Gasteiger charge is 2.03. The third kappa shape index (κ3) is 2.00. The maximum atomic E-state index is 10.4. The molecule has 0 N–H and O–H groups in total. The number of hydrogen-bond donors (Lipinski definition) is 0. The van der Waals surface area contributed by atoms with Crippen molar-refractivity contribution in [1.29, 1.82) is 0 Å². The standard InChI is InChI=1S/C11H10O3S/c1-8-10-5-3-2-4-9(10)6-7-11(8)14-15(12)13/h2-7H,1H3,(H,12,13)/p-1. The topological polar surface area (TPSA) is 49.4 Å². The normalized spacial score (nSPS) is 12.7. The molecule has 0 aliphatic heterocycles. The lowest BCUT2D eigenvalue weighted by atomic mass is 10.1. The SMILES string of the molecule is Cc1c(OS(=O)[O-])ccc2ccccc12. The van der Waals surface area contributed by atoms with E-state index >= 15 is 0 Å². The van der Waals surface area contributed by atoms with Crippen LogP contribution in [-0.4, -0.2) is 8.76 Å². The number of benzene rings is 2. The monoisotopic (exact) mass is 221 g/mol. The van der Waals surface area contributed by atoms with Gasteiger partial charge in [0.2, 0.25) is 0 Å². The second-order valence-electron chi connectivity index (χ2n) is 3.20. The van der Waals surface area contributed by atoms with Gasteiger partial charge in [-0.1, -0.05) is 30.3 Å². The summed E-state index contributed by atoms with van der Waals surface area (Å²) >= 11 is -2.52. The lowest BCUT2D eigenvalue weighted by Gasteiger charge is -2.11. The minimum Gasteiger partial charge on any atom is -0.740 e. The van der Waals surface area contributed by atoms with Gasteiger partial charge in [0.25, 0.3) is 0 Å². The average Bonchev–Trinajstić information content (AvgIpc) is 2.22. The van der Waals surface area contributed by atoms with Crippen LogP contribution in [0.25, 0.3) is 10.8 Å². The van der Waals surface area contributed by atoms with Crippen LogP contribution in [0.4, 0.5) is 0 Å². The molecule has 0 radical (unpaired) electrons. The smallest absolute Gasteiger partial charge is 0.142 e. The zero-order valence-corrected chi connectivity index (χ0v) is 8.91. The Kier molecular flexibility index (Phi) is 2.70. The van der Waals surface area contributed by atoms with E-state index in [4.69, 9.17) is 0 Å². The van der Waals surface area contributed by atoms with Gasteiger partial charge < -0.3 is 8.74 Å². The van der Waals surface area contributed by atoms with E-state index < -0.39 is 11.4 Å². The first-order valence-corrected chi connectivity index (χ1v) is 5.44. The molecule has 1 unspecified atom stereocenters. The van der Waals surface area contributed by atoms with Crippen molar-refractivity contribution in [2.75, 3.05) is 0 Å². The fourth-order valence-corrected chi connectivity index (χ4v) is 1.90. The van der Waals surface area contributed by atoms with Gasteiger partial charge >= 0.3 is 0 Å². The molecule has 1 atom stereocenters. The minimum absolute atomic E-state index is 0.377. The highest BCUT2D eigenvalue weighted by molar-refractivity contribution is 7.74. The predicted octanol–water partition coefficient (Wildman–Crippen LogP) is 2.32. The van der Waals surface area contributed by atoms with Crippen molar-refractivity contribution in [3.8, 4) is 5.75 Å². The van der Waals surface area contributed by atoms with E-state index in [1.165, 1.54) is 0 Å². The van der Waals surface area contributed by atoms with E-state index in [0.29, 0.717) is 5.75 Å². The van der Waals surface area contributed by atoms with Gasteiger partial charge in [0.05, 0.1) is 0 Å². The van der Waals surface area contributed by atoms with Gasteiger partial charge in [-0.25, -0.2) is 4.21 Å². The molecule has 0 spiro atoms. The molecule has 0 aliphatic carbocycles. The second kappa shape index (κ2) is 4.00. The Hall–Kier alpha value is -1.39. The van der Waals surface area contributed by atoms with E-state index in [1.807, 2.05) is 37.3 Å². The highest BCUT2D eigenvalue weighted by Crippen LogP contribution is 2.27. The molecule has 0 fully saturated rings. The van der Waals surface area contributed by atoms with Gasteiger partial charge in [0.1, 0.15) is 17.1 Å². The molecule has 0 heterocycles. The van der Waals surface area contributed by atoms with E-state index in [9.17, 15) is 8.76 Å². The van der Waals surface area contributed by atoms with E-state index in [2.05, 4.69) is 4.18 Å². The van der Waals surface area contributed by atoms with Crippen molar-refractivity contribution in [2.45, 2.75) is 6.92 Å². The Morgan fingerprint density at radius 3 is 2.67 bits per heavy atom. The molecule has 2 aromatic rings. The first-order valence-electron chi connectivity index (χ1n) is 4.44. The zero-order valence-electron chi connectivity index (χ0n) is 8.10. The van der Waals surface area contributed by atoms with Gasteiger partial charge in [-0.3, -0.25) is 0 Å². The summed E-state index contributed by atoms with van der Waals surface area (Å²) in [7, 11) is 0. The van der Waals surface area contributed by atoms with Crippen molar-refractivity contribution in [2.24, 2.45) is 0 Å². The van der Waals surface area contributed by atoms with E-state index in [0.717, 1.165) is 16.3 Å². The molecule has 2 aromatic carbocycles. The number of fused-ring (bicyclic) bond motifs is 1. The van der Waals surface area contributed by atoms with Gasteiger partial charge in [-0.2, -0.15) is 0 Å². The lowest BCUT2D eigenvalue weighted by molar-refractivity contribution is 0.439. The second-order valence-corrected chi connectivity index (χ2v) is 3.77. The van der Waals surface area contributed by atoms with Crippen LogP contribution in [0.15, 0.2) is 36.4 Å². The summed E-state index contributed by atoms with van der Waals surface area (Å²) in [6.07, 6.45) is 0. The molecule has 78 valence electrons. The summed E-state index contributed by atoms with van der Waals surface area (Å²) in [6.45, 7) is 1.84. The fraction of sp³-hybridized carbons (Fsp3) is 0.0909. The predicted molar refractivity (Wildman–Crippen MR) is 58.2 cm³/mol. The highest BCUT2D eigenvalue weighted by atomic mass is 32.2. The lowest BCUT2D eigenvalue weighted by Crippen LogP contribution is -1.99. The van der Waals surface area contributed by atoms with Crippen LogP contribution >= 0.6 is 0 Å². The number of rotatable bonds is 2. The van der Waals surface area contributed by atoms with Crippen molar-refractivity contribution >= 4 is 22.1 Å². The van der Waals surface area contributed by atoms with Crippen molar-refractivity contribution < 1.29 is 12.9 Å². The Bertz CT molecular complexity index is 522. The van der Waals surface area contributed by atoms with Crippen LogP contribution in [0.1, 0.15) is 5.56 Å². The molecule has 0 amide bonds. The molecule has 0 saturated heterocycles. The van der Waals surface area contributed by atoms with Crippen LogP contribution in [0, 0.1) is 6.92 Å². The summed E-state index contributed by atoms with van der Waals surface area (Å²) in [6, 6.07) is 11.3. The minimum atomic E-state index is -2.52. The van der Waals surface area contributed by atoms with Crippen LogP contribution in [0.2, 0.25) is 0 Å². The molecule has 2 rings (SSSR count). The molecule has 3 nitrogen and oxygen atoms in total. The van der Waals surface area contributed by atoms with Crippen LogP contribution in [0.5, 0.6) is 5.75 Å². The van der Waals surface area contributed by atoms with Crippen LogP contribution < -0.4 is 4.18 Å². The fourth-order valence-electron chi connectivity index (χ4n) is 1.57. The summed E-state index contributed by atoms with van der Waals surface area (Å²) in [4.78, 5) is 0. The van der Waals surface area contributed by atoms with Gasteiger partial charge in [-0.15, -0.1) is 0 Å². The molecular weight excluding hydrogens is 212 g/mol. The van der Waals surface area contributed by atoms with E-state index in [1.54, 1.807) is 6.07 Å². The van der Waals surface area contributed by atoms with Crippen molar-refractivity contribution in [3.05, 3.63) is 42.0 Å². The Morgan fingerprint density at radius 2 is 1.93 bits per heavy atom. The number of aryl methyl sites for hydroxylation is 1. The molecular formula is C11H9O3S-. The molecule has 0 aromatic heterocycles. The molecule has 0 aliphatic rings. The van der Waals surface area contributed by atoms with Gasteiger partial charge in [0, 0.05) is 5.56 Å². The van der Waals surface area contributed by atoms with E-state index in [-0.39, 0.29) is 0 Å². The Labute approximate surface area is 90.2 Å². The van der Waals surface area contributed by atoms with Gasteiger partial charge in [-0.05, 0) is 23.8 Å². The molecule has 0 bridgehead atoms. The maximum absolute atomic E-state index is 10.4. The molecule has 4 heteroatoms. The third-order valence-corrected chi connectivity index (χ3v) is 2.62. The van der Waals surface area contributed by atoms with Crippen molar-refractivity contribution in [3.63, 3.8) is 0 Å². The molecule has 15 heavy (non-hydrogen) atoms. The zero-order chi connectivity index (χ0) is 10.8.